The number of carbonyl (C=O) groups is 1. The molecule has 50 heavy (non-hydrogen) atoms. The Labute approximate surface area is 299 Å². The monoisotopic (exact) mass is 698 g/mol. The van der Waals surface area contributed by atoms with Gasteiger partial charge in [-0.2, -0.15) is 4.57 Å². The number of ether oxygens (including phenoxy) is 2. The number of fused-ring (bicyclic) bond motifs is 2. The van der Waals surface area contributed by atoms with Crippen molar-refractivity contribution in [1.82, 2.24) is 0 Å². The quantitative estimate of drug-likeness (QED) is 0.0808. The number of aryl methyl sites for hydroxylation is 2. The molecule has 0 amide bonds. The Hall–Kier alpha value is -4.19. The maximum absolute atomic E-state index is 14.2. The molecule has 0 fully saturated rings. The van der Waals surface area contributed by atoms with Crippen LogP contribution in [0, 0.1) is 13.8 Å². The molecule has 9 nitrogen and oxygen atoms in total. The van der Waals surface area contributed by atoms with E-state index in [1.165, 1.54) is 0 Å². The molecule has 1 aliphatic heterocycles. The molecule has 3 aromatic carbocycles. The zero-order valence-corrected chi connectivity index (χ0v) is 29.2. The molecule has 0 atom stereocenters. The average Bonchev–Trinajstić information content (AvgIpc) is 3.59. The number of benzene rings is 3. The third-order valence-electron chi connectivity index (χ3n) is 8.58. The van der Waals surface area contributed by atoms with Crippen LogP contribution in [0.3, 0.4) is 0 Å². The van der Waals surface area contributed by atoms with Crippen molar-refractivity contribution in [2.75, 3.05) is 68.3 Å². The number of nitrogens with zero attached hydrogens (tertiary/aromatic N) is 3. The Morgan fingerprint density at radius 1 is 0.860 bits per heavy atom. The highest BCUT2D eigenvalue weighted by atomic mass is 32.2. The number of rotatable bonds is 16. The van der Waals surface area contributed by atoms with Gasteiger partial charge in [0.2, 0.25) is 5.58 Å². The topological polar surface area (TPSA) is 99.5 Å². The molecule has 0 radical (unpaired) electrons. The minimum Gasteiger partial charge on any atom is -0.398 e. The molecule has 0 unspecified atom stereocenters. The van der Waals surface area contributed by atoms with Gasteiger partial charge in [0.15, 0.2) is 12.3 Å². The molecule has 10 heteroatoms. The summed E-state index contributed by atoms with van der Waals surface area (Å²) in [4.78, 5) is 19.5. The maximum atomic E-state index is 14.2. The van der Waals surface area contributed by atoms with Gasteiger partial charge in [0.25, 0.3) is 5.52 Å². The van der Waals surface area contributed by atoms with Gasteiger partial charge in [-0.05, 0) is 56.2 Å². The Balaban J connectivity index is 0.00000486. The number of anilines is 2. The number of aliphatic hydroxyl groups excluding tert-OH is 2. The zero-order valence-electron chi connectivity index (χ0n) is 28.4. The summed E-state index contributed by atoms with van der Waals surface area (Å²) in [6, 6.07) is 22.8. The van der Waals surface area contributed by atoms with E-state index >= 15 is 0 Å². The largest absolute Gasteiger partial charge is 0.398 e. The molecule has 0 saturated heterocycles. The summed E-state index contributed by atoms with van der Waals surface area (Å²) in [5, 5.41) is 18.4. The maximum Gasteiger partial charge on any atom is 0.375 e. The van der Waals surface area contributed by atoms with Crippen LogP contribution in [0.4, 0.5) is 11.4 Å². The average molecular weight is 699 g/mol. The molecule has 2 N–H and O–H groups in total. The molecule has 6 rings (SSSR count). The first-order chi connectivity index (χ1) is 23.9. The van der Waals surface area contributed by atoms with Crippen LogP contribution in [0.1, 0.15) is 36.9 Å². The zero-order chi connectivity index (χ0) is 34.3. The molecule has 0 saturated carbocycles. The van der Waals surface area contributed by atoms with Crippen molar-refractivity contribution >= 4 is 46.1 Å². The summed E-state index contributed by atoms with van der Waals surface area (Å²) in [7, 11) is 0. The molecule has 264 valence electrons. The van der Waals surface area contributed by atoms with Crippen LogP contribution in [0.25, 0.3) is 17.2 Å². The number of carbonyl (C=O) groups excluding carboxylic acids is 1. The van der Waals surface area contributed by atoms with Gasteiger partial charge in [0.05, 0.1) is 57.1 Å². The van der Waals surface area contributed by atoms with Crippen LogP contribution in [0.2, 0.25) is 0 Å². The first kappa shape index (κ1) is 37.1. The summed E-state index contributed by atoms with van der Waals surface area (Å²) in [5.41, 5.74) is 8.49. The Morgan fingerprint density at radius 3 is 2.32 bits per heavy atom. The molecule has 2 heterocycles. The lowest BCUT2D eigenvalue weighted by Gasteiger charge is -2.28. The fourth-order valence-electron chi connectivity index (χ4n) is 6.24. The van der Waals surface area contributed by atoms with Gasteiger partial charge >= 0.3 is 5.89 Å². The molecule has 4 aromatic rings. The lowest BCUT2D eigenvalue weighted by atomic mass is 9.89. The summed E-state index contributed by atoms with van der Waals surface area (Å²) in [6.07, 6.45) is 3.88. The minimum absolute atomic E-state index is 0. The first-order valence-corrected chi connectivity index (χ1v) is 17.8. The molecule has 1 aliphatic carbocycles. The second-order valence-electron chi connectivity index (χ2n) is 12.0. The van der Waals surface area contributed by atoms with Gasteiger partial charge in [0.1, 0.15) is 5.82 Å². The number of ketones is 1. The van der Waals surface area contributed by atoms with E-state index in [9.17, 15) is 15.0 Å². The second-order valence-corrected chi connectivity index (χ2v) is 13.1. The SMILES string of the molecule is C.CCN1C(=CC2=C(SCCOCCO)C(=Cc3oc4cc(C)ccc4[n+]3Cc3ccccc3)C2=O)N(CCOCCO)c2ccc(C)cc21. The van der Waals surface area contributed by atoms with Crippen LogP contribution in [-0.2, 0) is 20.8 Å². The van der Waals surface area contributed by atoms with Gasteiger partial charge in [0, 0.05) is 46.5 Å². The Morgan fingerprint density at radius 2 is 1.58 bits per heavy atom. The fourth-order valence-corrected chi connectivity index (χ4v) is 7.26. The lowest BCUT2D eigenvalue weighted by Crippen LogP contribution is -2.36. The molecular weight excluding hydrogens is 651 g/mol. The second kappa shape index (κ2) is 17.2. The van der Waals surface area contributed by atoms with E-state index in [2.05, 4.69) is 70.7 Å². The number of aliphatic hydroxyl groups is 2. The van der Waals surface area contributed by atoms with Crippen molar-refractivity contribution < 1.29 is 33.5 Å². The van der Waals surface area contributed by atoms with E-state index in [1.807, 2.05) is 43.3 Å². The van der Waals surface area contributed by atoms with E-state index in [-0.39, 0.29) is 39.6 Å². The number of hydrogen-bond donors (Lipinski definition) is 2. The number of hydrogen-bond acceptors (Lipinski definition) is 9. The predicted molar refractivity (Wildman–Crippen MR) is 201 cm³/mol. The molecule has 0 spiro atoms. The van der Waals surface area contributed by atoms with Crippen LogP contribution < -0.4 is 14.4 Å². The highest BCUT2D eigenvalue weighted by Crippen LogP contribution is 2.46. The van der Waals surface area contributed by atoms with Crippen molar-refractivity contribution in [3.8, 4) is 0 Å². The van der Waals surface area contributed by atoms with Gasteiger partial charge in [-0.3, -0.25) is 4.79 Å². The van der Waals surface area contributed by atoms with Gasteiger partial charge in [-0.25, -0.2) is 0 Å². The summed E-state index contributed by atoms with van der Waals surface area (Å²) in [5.74, 6) is 2.08. The third-order valence-corrected chi connectivity index (χ3v) is 9.68. The van der Waals surface area contributed by atoms with Gasteiger partial charge in [-0.1, -0.05) is 49.9 Å². The standard InChI is InChI=1S/C39H44N3O6S.CH4/c1-4-40-34-22-27(2)10-12-32(34)41(14-17-46-18-15-43)36(40)24-30-38(45)31(39(30)49-21-20-47-19-16-44)25-37-42(26-29-8-6-5-7-9-29)33-13-11-28(3)23-35(33)48-37;/h5-13,22-25,43-44H,4,14-21,26H2,1-3H3;1H4/q+1;. The van der Waals surface area contributed by atoms with E-state index < -0.39 is 0 Å². The number of oxazole rings is 1. The molecular formula is C40H48N3O6S+. The smallest absolute Gasteiger partial charge is 0.375 e. The van der Waals surface area contributed by atoms with Crippen molar-refractivity contribution in [3.63, 3.8) is 0 Å². The van der Waals surface area contributed by atoms with Crippen molar-refractivity contribution in [3.05, 3.63) is 117 Å². The van der Waals surface area contributed by atoms with Crippen LogP contribution in [0.5, 0.6) is 0 Å². The first-order valence-electron chi connectivity index (χ1n) is 16.8. The van der Waals surface area contributed by atoms with E-state index in [0.29, 0.717) is 49.1 Å². The van der Waals surface area contributed by atoms with E-state index in [0.717, 1.165) is 56.4 Å². The fraction of sp³-hybridized carbons (Fsp3) is 0.350. The van der Waals surface area contributed by atoms with Crippen LogP contribution in [0.15, 0.2) is 99.1 Å². The van der Waals surface area contributed by atoms with Crippen molar-refractivity contribution in [1.29, 1.82) is 0 Å². The highest BCUT2D eigenvalue weighted by molar-refractivity contribution is 8.03. The third kappa shape index (κ3) is 7.90. The number of allylic oxidation sites excluding steroid dienone is 3. The van der Waals surface area contributed by atoms with Gasteiger partial charge < -0.3 is 33.9 Å². The molecule has 0 bridgehead atoms. The van der Waals surface area contributed by atoms with Crippen molar-refractivity contribution in [2.24, 2.45) is 0 Å². The Kier molecular flexibility index (Phi) is 12.7. The highest BCUT2D eigenvalue weighted by Gasteiger charge is 2.38. The summed E-state index contributed by atoms with van der Waals surface area (Å²) < 4.78 is 19.8. The minimum atomic E-state index is -0.0474. The predicted octanol–water partition coefficient (Wildman–Crippen LogP) is 6.18. The molecule has 1 aromatic heterocycles. The van der Waals surface area contributed by atoms with E-state index in [4.69, 9.17) is 13.9 Å². The lowest BCUT2D eigenvalue weighted by molar-refractivity contribution is -0.669. The van der Waals surface area contributed by atoms with Crippen LogP contribution >= 0.6 is 11.8 Å². The summed E-state index contributed by atoms with van der Waals surface area (Å²) in [6.45, 7) is 9.45. The Bertz CT molecular complexity index is 1900. The number of aromatic nitrogens is 1. The van der Waals surface area contributed by atoms with E-state index in [1.54, 1.807) is 11.8 Å². The number of thioether (sulfide) groups is 1. The van der Waals surface area contributed by atoms with Gasteiger partial charge in [-0.15, -0.1) is 11.8 Å². The van der Waals surface area contributed by atoms with Crippen molar-refractivity contribution in [2.45, 2.75) is 34.7 Å². The summed E-state index contributed by atoms with van der Waals surface area (Å²) >= 11 is 1.58. The molecule has 2 aliphatic rings. The number of Topliss-reactive ketones (excluding diaryl/α,β-unsaturated/α-hetero) is 1. The van der Waals surface area contributed by atoms with Crippen LogP contribution in [-0.4, -0.2) is 74.5 Å². The normalized spacial score (nSPS) is 15.7.